The molecule has 0 amide bonds. The molecule has 0 aliphatic carbocycles. The summed E-state index contributed by atoms with van der Waals surface area (Å²) in [7, 11) is -4.85. The number of hydrogen-bond donors (Lipinski definition) is 0. The molecular formula is C7H3ClF3NaO3S. The topological polar surface area (TPSA) is 57.2 Å². The van der Waals surface area contributed by atoms with E-state index in [1.807, 2.05) is 0 Å². The molecule has 0 N–H and O–H groups in total. The van der Waals surface area contributed by atoms with E-state index < -0.39 is 31.8 Å². The van der Waals surface area contributed by atoms with Crippen molar-refractivity contribution in [1.82, 2.24) is 0 Å². The van der Waals surface area contributed by atoms with Gasteiger partial charge in [0, 0.05) is 0 Å². The van der Waals surface area contributed by atoms with Gasteiger partial charge in [-0.2, -0.15) is 13.2 Å². The Morgan fingerprint density at radius 1 is 1.25 bits per heavy atom. The zero-order valence-corrected chi connectivity index (χ0v) is 11.4. The Balaban J connectivity index is 0.00000225. The molecule has 0 aromatic heterocycles. The second-order valence-corrected chi connectivity index (χ2v) is 4.35. The summed E-state index contributed by atoms with van der Waals surface area (Å²) in [4.78, 5) is -0.864. The number of benzene rings is 1. The van der Waals surface area contributed by atoms with Crippen LogP contribution in [-0.4, -0.2) is 13.0 Å². The molecular weight excluding hydrogens is 280 g/mol. The first kappa shape index (κ1) is 16.2. The third-order valence-electron chi connectivity index (χ3n) is 1.53. The molecule has 0 atom stereocenters. The SMILES string of the molecule is O=S(=O)([O-])c1ccc(C(F)(F)F)cc1Cl.[Na+]. The van der Waals surface area contributed by atoms with Gasteiger partial charge in [-0.25, -0.2) is 8.42 Å². The number of rotatable bonds is 1. The van der Waals surface area contributed by atoms with Gasteiger partial charge in [-0.05, 0) is 18.2 Å². The van der Waals surface area contributed by atoms with Crippen LogP contribution in [-0.2, 0) is 16.3 Å². The van der Waals surface area contributed by atoms with Gasteiger partial charge in [0.1, 0.15) is 10.1 Å². The minimum atomic E-state index is -4.85. The quantitative estimate of drug-likeness (QED) is 0.504. The standard InChI is InChI=1S/C7H4ClF3O3S.Na/c8-5-3-4(7(9,10)11)1-2-6(5)15(12,13)14;/h1-3H,(H,12,13,14);/q;+1/p-1. The first-order valence-corrected chi connectivity index (χ1v) is 5.23. The largest absolute Gasteiger partial charge is 1.00 e. The molecule has 0 heterocycles. The summed E-state index contributed by atoms with van der Waals surface area (Å²) in [6.45, 7) is 0. The van der Waals surface area contributed by atoms with Crippen molar-refractivity contribution in [2.24, 2.45) is 0 Å². The molecule has 1 rings (SSSR count). The molecule has 0 aliphatic heterocycles. The van der Waals surface area contributed by atoms with Crippen LogP contribution in [0.5, 0.6) is 0 Å². The molecule has 0 spiro atoms. The van der Waals surface area contributed by atoms with Crippen LogP contribution in [0.3, 0.4) is 0 Å². The predicted octanol–water partition coefficient (Wildman–Crippen LogP) is -0.733. The maximum Gasteiger partial charge on any atom is 1.00 e. The van der Waals surface area contributed by atoms with Crippen LogP contribution in [0.15, 0.2) is 23.1 Å². The molecule has 0 aliphatic rings. The Bertz CT molecular complexity index is 486. The molecule has 0 saturated carbocycles. The third-order valence-corrected chi connectivity index (χ3v) is 2.85. The third kappa shape index (κ3) is 3.90. The van der Waals surface area contributed by atoms with Gasteiger partial charge in [0.25, 0.3) is 0 Å². The first-order chi connectivity index (χ1) is 6.62. The maximum absolute atomic E-state index is 12.1. The van der Waals surface area contributed by atoms with Gasteiger partial charge in [-0.15, -0.1) is 0 Å². The number of hydrogen-bond acceptors (Lipinski definition) is 3. The molecule has 3 nitrogen and oxygen atoms in total. The van der Waals surface area contributed by atoms with Crippen LogP contribution in [0.2, 0.25) is 5.02 Å². The molecule has 0 bridgehead atoms. The summed E-state index contributed by atoms with van der Waals surface area (Å²) in [5.74, 6) is 0. The van der Waals surface area contributed by atoms with Crippen LogP contribution in [0, 0.1) is 0 Å². The van der Waals surface area contributed by atoms with E-state index >= 15 is 0 Å². The van der Waals surface area contributed by atoms with Crippen molar-refractivity contribution in [3.63, 3.8) is 0 Å². The normalized spacial score (nSPS) is 12.1. The van der Waals surface area contributed by atoms with Crippen molar-refractivity contribution < 1.29 is 55.7 Å². The van der Waals surface area contributed by atoms with Gasteiger partial charge in [0.15, 0.2) is 0 Å². The zero-order chi connectivity index (χ0) is 11.9. The molecule has 84 valence electrons. The Hall–Kier alpha value is 0.210. The van der Waals surface area contributed by atoms with Crippen LogP contribution in [0.4, 0.5) is 13.2 Å². The smallest absolute Gasteiger partial charge is 0.744 e. The van der Waals surface area contributed by atoms with Crippen molar-refractivity contribution in [2.75, 3.05) is 0 Å². The summed E-state index contributed by atoms with van der Waals surface area (Å²) >= 11 is 5.24. The fraction of sp³-hybridized carbons (Fsp3) is 0.143. The summed E-state index contributed by atoms with van der Waals surface area (Å²) in [6.07, 6.45) is -4.63. The van der Waals surface area contributed by atoms with Crippen molar-refractivity contribution in [3.8, 4) is 0 Å². The van der Waals surface area contributed by atoms with Gasteiger partial charge in [-0.3, -0.25) is 0 Å². The molecule has 0 radical (unpaired) electrons. The molecule has 0 fully saturated rings. The minimum Gasteiger partial charge on any atom is -0.744 e. The van der Waals surface area contributed by atoms with Crippen LogP contribution in [0.25, 0.3) is 0 Å². The average Bonchev–Trinajstić information content (AvgIpc) is 1.99. The van der Waals surface area contributed by atoms with Crippen LogP contribution in [0.1, 0.15) is 5.56 Å². The van der Waals surface area contributed by atoms with Crippen molar-refractivity contribution in [2.45, 2.75) is 11.1 Å². The molecule has 0 unspecified atom stereocenters. The molecule has 1 aromatic rings. The summed E-state index contributed by atoms with van der Waals surface area (Å²) < 4.78 is 67.8. The monoisotopic (exact) mass is 282 g/mol. The number of halogens is 4. The number of alkyl halides is 3. The van der Waals surface area contributed by atoms with Gasteiger partial charge < -0.3 is 4.55 Å². The van der Waals surface area contributed by atoms with Crippen LogP contribution >= 0.6 is 11.6 Å². The average molecular weight is 283 g/mol. The van der Waals surface area contributed by atoms with E-state index in [1.54, 1.807) is 0 Å². The van der Waals surface area contributed by atoms with Gasteiger partial charge in [0.2, 0.25) is 0 Å². The second-order valence-electron chi connectivity index (χ2n) is 2.60. The Labute approximate surface area is 117 Å². The molecule has 16 heavy (non-hydrogen) atoms. The van der Waals surface area contributed by atoms with E-state index in [0.717, 1.165) is 0 Å². The van der Waals surface area contributed by atoms with Crippen LogP contribution < -0.4 is 29.6 Å². The minimum absolute atomic E-state index is 0. The van der Waals surface area contributed by atoms with Crippen molar-refractivity contribution in [1.29, 1.82) is 0 Å². The van der Waals surface area contributed by atoms with Crippen molar-refractivity contribution in [3.05, 3.63) is 28.8 Å². The maximum atomic E-state index is 12.1. The van der Waals surface area contributed by atoms with Gasteiger partial charge in [0.05, 0.1) is 15.5 Å². The fourth-order valence-corrected chi connectivity index (χ4v) is 1.88. The van der Waals surface area contributed by atoms with E-state index in [-0.39, 0.29) is 29.6 Å². The Morgan fingerprint density at radius 3 is 2.06 bits per heavy atom. The van der Waals surface area contributed by atoms with Crippen molar-refractivity contribution >= 4 is 21.7 Å². The second kappa shape index (κ2) is 5.24. The van der Waals surface area contributed by atoms with Gasteiger partial charge in [-0.1, -0.05) is 11.6 Å². The molecule has 0 saturated heterocycles. The van der Waals surface area contributed by atoms with E-state index in [1.165, 1.54) is 0 Å². The summed E-state index contributed by atoms with van der Waals surface area (Å²) in [5.41, 5.74) is -1.11. The first-order valence-electron chi connectivity index (χ1n) is 3.45. The van der Waals surface area contributed by atoms with Gasteiger partial charge >= 0.3 is 35.7 Å². The van der Waals surface area contributed by atoms with E-state index in [0.29, 0.717) is 18.2 Å². The summed E-state index contributed by atoms with van der Waals surface area (Å²) in [5, 5.41) is -0.736. The van der Waals surface area contributed by atoms with E-state index in [4.69, 9.17) is 11.6 Å². The Kier molecular flexibility index (Phi) is 5.31. The van der Waals surface area contributed by atoms with E-state index in [9.17, 15) is 26.1 Å². The summed E-state index contributed by atoms with van der Waals surface area (Å²) in [6, 6.07) is 1.41. The fourth-order valence-electron chi connectivity index (χ4n) is 0.880. The Morgan fingerprint density at radius 2 is 1.75 bits per heavy atom. The zero-order valence-electron chi connectivity index (χ0n) is 7.88. The molecule has 1 aromatic carbocycles. The van der Waals surface area contributed by atoms with E-state index in [2.05, 4.69) is 0 Å². The molecule has 9 heteroatoms. The predicted molar refractivity (Wildman–Crippen MR) is 44.4 cm³/mol.